The Labute approximate surface area is 159 Å². The molecule has 1 saturated carbocycles. The fourth-order valence-corrected chi connectivity index (χ4v) is 3.15. The summed E-state index contributed by atoms with van der Waals surface area (Å²) < 4.78 is 17.0. The van der Waals surface area contributed by atoms with E-state index in [2.05, 4.69) is 10.1 Å². The third kappa shape index (κ3) is 3.11. The Kier molecular flexibility index (Phi) is 4.54. The number of aliphatic hydroxyl groups is 2. The fourth-order valence-electron chi connectivity index (χ4n) is 3.15. The molecule has 0 amide bonds. The summed E-state index contributed by atoms with van der Waals surface area (Å²) in [5.41, 5.74) is 4.69. The molecule has 3 heterocycles. The average molecular weight is 389 g/mol. The van der Waals surface area contributed by atoms with Crippen molar-refractivity contribution in [1.29, 1.82) is 5.26 Å². The molecule has 2 fully saturated rings. The van der Waals surface area contributed by atoms with E-state index in [4.69, 9.17) is 19.9 Å². The van der Waals surface area contributed by atoms with Crippen molar-refractivity contribution in [2.75, 3.05) is 18.9 Å². The number of carbonyl (C=O) groups is 1. The third-order valence-electron chi connectivity index (χ3n) is 4.98. The number of hydrogen-bond donors (Lipinski definition) is 3. The first-order chi connectivity index (χ1) is 13.4. The number of carbonyl (C=O) groups excluding carboxylic acids is 1. The van der Waals surface area contributed by atoms with Crippen molar-refractivity contribution in [3.63, 3.8) is 0 Å². The Hall–Kier alpha value is -2.94. The summed E-state index contributed by atoms with van der Waals surface area (Å²) in [6.07, 6.45) is -1.89. The molecule has 0 unspecified atom stereocenters. The smallest absolute Gasteiger partial charge is 0.434 e. The zero-order valence-electron chi connectivity index (χ0n) is 14.8. The van der Waals surface area contributed by atoms with E-state index in [9.17, 15) is 20.3 Å². The zero-order chi connectivity index (χ0) is 19.9. The van der Waals surface area contributed by atoms with E-state index >= 15 is 0 Å². The molecule has 2 aliphatic rings. The molecule has 0 radical (unpaired) electrons. The molecule has 1 aliphatic carbocycles. The van der Waals surface area contributed by atoms with E-state index < -0.39 is 36.7 Å². The van der Waals surface area contributed by atoms with E-state index in [-0.39, 0.29) is 12.4 Å². The lowest BCUT2D eigenvalue weighted by Crippen LogP contribution is -2.46. The van der Waals surface area contributed by atoms with Crippen LogP contribution in [-0.4, -0.2) is 62.0 Å². The molecule has 0 spiro atoms. The van der Waals surface area contributed by atoms with E-state index in [1.807, 2.05) is 6.07 Å². The first-order valence-corrected chi connectivity index (χ1v) is 8.78. The fraction of sp³-hybridized carbons (Fsp3) is 0.529. The Morgan fingerprint density at radius 2 is 2.21 bits per heavy atom. The van der Waals surface area contributed by atoms with Gasteiger partial charge in [-0.15, -0.1) is 0 Å². The zero-order valence-corrected chi connectivity index (χ0v) is 14.8. The first-order valence-electron chi connectivity index (χ1n) is 8.78. The number of nitrogens with zero attached hydrogens (tertiary/aromatic N) is 4. The molecule has 28 heavy (non-hydrogen) atoms. The predicted molar refractivity (Wildman–Crippen MR) is 91.6 cm³/mol. The largest absolute Gasteiger partial charge is 0.508 e. The summed E-state index contributed by atoms with van der Waals surface area (Å²) in [6, 6.07) is 5.04. The van der Waals surface area contributed by atoms with Gasteiger partial charge in [0.15, 0.2) is 5.82 Å². The first kappa shape index (κ1) is 18.4. The van der Waals surface area contributed by atoms with Crippen LogP contribution < -0.4 is 5.73 Å². The maximum atomic E-state index is 11.7. The van der Waals surface area contributed by atoms with E-state index in [0.717, 1.165) is 12.8 Å². The molecule has 2 aromatic rings. The van der Waals surface area contributed by atoms with Crippen molar-refractivity contribution >= 4 is 17.5 Å². The van der Waals surface area contributed by atoms with Gasteiger partial charge in [0.2, 0.25) is 5.60 Å². The van der Waals surface area contributed by atoms with Gasteiger partial charge in [0, 0.05) is 0 Å². The van der Waals surface area contributed by atoms with Gasteiger partial charge in [-0.3, -0.25) is 0 Å². The normalized spacial score (nSPS) is 29.5. The molecule has 2 aromatic heterocycles. The standard InChI is InChI=1S/C17H19N5O6/c18-6-17(7-27-16(25)26-5-9-1-2-9)14(24)12(23)13(28-17)10-3-4-11-15(19)20-8-21-22(10)11/h3-4,8-9,12-14,23-24H,1-2,5,7H2,(H2,19,20,21)/t12-,13-,14-,17+/m0/s1. The Morgan fingerprint density at radius 3 is 2.93 bits per heavy atom. The maximum absolute atomic E-state index is 11.7. The van der Waals surface area contributed by atoms with Gasteiger partial charge in [0.05, 0.1) is 12.3 Å². The van der Waals surface area contributed by atoms with Crippen LogP contribution in [0.3, 0.4) is 0 Å². The highest BCUT2D eigenvalue weighted by atomic mass is 16.7. The summed E-state index contributed by atoms with van der Waals surface area (Å²) in [4.78, 5) is 15.6. The molecule has 4 atom stereocenters. The topological polar surface area (TPSA) is 165 Å². The van der Waals surface area contributed by atoms with Crippen LogP contribution in [0.25, 0.3) is 5.52 Å². The number of ether oxygens (including phenoxy) is 3. The molecular formula is C17H19N5O6. The van der Waals surface area contributed by atoms with Crippen molar-refractivity contribution < 1.29 is 29.2 Å². The number of hydrogen-bond acceptors (Lipinski definition) is 10. The number of anilines is 1. The van der Waals surface area contributed by atoms with Crippen molar-refractivity contribution in [3.05, 3.63) is 24.2 Å². The van der Waals surface area contributed by atoms with Crippen LogP contribution in [-0.2, 0) is 14.2 Å². The monoisotopic (exact) mass is 389 g/mol. The lowest BCUT2D eigenvalue weighted by molar-refractivity contribution is -0.0858. The highest BCUT2D eigenvalue weighted by Crippen LogP contribution is 2.40. The third-order valence-corrected chi connectivity index (χ3v) is 4.98. The van der Waals surface area contributed by atoms with Crippen LogP contribution in [0.1, 0.15) is 24.6 Å². The Balaban J connectivity index is 1.52. The molecule has 11 nitrogen and oxygen atoms in total. The van der Waals surface area contributed by atoms with E-state index in [1.54, 1.807) is 12.1 Å². The minimum atomic E-state index is -1.95. The average Bonchev–Trinajstić information content (AvgIpc) is 3.38. The van der Waals surface area contributed by atoms with Gasteiger partial charge in [0.1, 0.15) is 42.8 Å². The Bertz CT molecular complexity index is 938. The second-order valence-corrected chi connectivity index (χ2v) is 6.97. The van der Waals surface area contributed by atoms with Crippen molar-refractivity contribution in [2.24, 2.45) is 5.92 Å². The van der Waals surface area contributed by atoms with Crippen LogP contribution >= 0.6 is 0 Å². The molecule has 148 valence electrons. The van der Waals surface area contributed by atoms with Crippen LogP contribution in [0.15, 0.2) is 18.5 Å². The number of aliphatic hydroxyl groups excluding tert-OH is 2. The van der Waals surface area contributed by atoms with Gasteiger partial charge in [-0.1, -0.05) is 0 Å². The molecule has 1 aliphatic heterocycles. The summed E-state index contributed by atoms with van der Waals surface area (Å²) >= 11 is 0. The van der Waals surface area contributed by atoms with Gasteiger partial charge in [-0.05, 0) is 30.9 Å². The molecular weight excluding hydrogens is 370 g/mol. The second kappa shape index (κ2) is 6.90. The lowest BCUT2D eigenvalue weighted by atomic mass is 9.96. The highest BCUT2D eigenvalue weighted by Gasteiger charge is 2.57. The van der Waals surface area contributed by atoms with Gasteiger partial charge in [0.25, 0.3) is 0 Å². The summed E-state index contributed by atoms with van der Waals surface area (Å²) in [5.74, 6) is 0.580. The summed E-state index contributed by atoms with van der Waals surface area (Å²) in [7, 11) is 0. The minimum absolute atomic E-state index is 0.225. The number of nitrogen functional groups attached to an aromatic ring is 1. The van der Waals surface area contributed by atoms with Crippen LogP contribution in [0.4, 0.5) is 10.6 Å². The molecule has 0 aromatic carbocycles. The molecule has 4 rings (SSSR count). The number of nitriles is 1. The van der Waals surface area contributed by atoms with Crippen molar-refractivity contribution in [1.82, 2.24) is 14.6 Å². The Morgan fingerprint density at radius 1 is 1.43 bits per heavy atom. The summed E-state index contributed by atoms with van der Waals surface area (Å²) in [6.45, 7) is -0.341. The van der Waals surface area contributed by atoms with Crippen LogP contribution in [0.2, 0.25) is 0 Å². The number of nitrogens with two attached hydrogens (primary N) is 1. The molecule has 1 saturated heterocycles. The summed E-state index contributed by atoms with van der Waals surface area (Å²) in [5, 5.41) is 34.6. The molecule has 0 bridgehead atoms. The van der Waals surface area contributed by atoms with Gasteiger partial charge >= 0.3 is 6.16 Å². The van der Waals surface area contributed by atoms with Crippen LogP contribution in [0.5, 0.6) is 0 Å². The maximum Gasteiger partial charge on any atom is 0.508 e. The van der Waals surface area contributed by atoms with Crippen LogP contribution in [0, 0.1) is 17.2 Å². The lowest BCUT2D eigenvalue weighted by Gasteiger charge is -2.23. The molecule has 11 heteroatoms. The van der Waals surface area contributed by atoms with Gasteiger partial charge in [-0.25, -0.2) is 14.3 Å². The predicted octanol–water partition coefficient (Wildman–Crippen LogP) is -0.0698. The van der Waals surface area contributed by atoms with Gasteiger partial charge < -0.3 is 30.2 Å². The van der Waals surface area contributed by atoms with Gasteiger partial charge in [-0.2, -0.15) is 10.4 Å². The number of rotatable bonds is 5. The SMILES string of the molecule is N#C[C@]1(COC(=O)OCC2CC2)O[C@@H](c2ccc3c(N)ncnn23)[C@H](O)[C@@H]1O. The number of fused-ring (bicyclic) bond motifs is 1. The van der Waals surface area contributed by atoms with E-state index in [1.165, 1.54) is 10.8 Å². The minimum Gasteiger partial charge on any atom is -0.434 e. The van der Waals surface area contributed by atoms with E-state index in [0.29, 0.717) is 17.1 Å². The second-order valence-electron chi connectivity index (χ2n) is 6.97. The van der Waals surface area contributed by atoms with Crippen molar-refractivity contribution in [3.8, 4) is 6.07 Å². The quantitative estimate of drug-likeness (QED) is 0.589. The molecule has 4 N–H and O–H groups in total. The highest BCUT2D eigenvalue weighted by molar-refractivity contribution is 5.65. The van der Waals surface area contributed by atoms with Crippen molar-refractivity contribution in [2.45, 2.75) is 36.8 Å². The number of aromatic nitrogens is 3.